The van der Waals surface area contributed by atoms with Crippen molar-refractivity contribution in [2.45, 2.75) is 13.3 Å². The lowest BCUT2D eigenvalue weighted by Gasteiger charge is -2.18. The van der Waals surface area contributed by atoms with Gasteiger partial charge in [0.2, 0.25) is 0 Å². The van der Waals surface area contributed by atoms with Gasteiger partial charge in [-0.1, -0.05) is 0 Å². The molecule has 1 aromatic carbocycles. The minimum absolute atomic E-state index is 0.0543. The molecular weight excluding hydrogens is 274 g/mol. The number of rotatable bonds is 5. The van der Waals surface area contributed by atoms with E-state index in [1.165, 1.54) is 12.1 Å². The number of nitrogens with zero attached hydrogens (tertiary/aromatic N) is 2. The number of benzene rings is 1. The molecule has 1 saturated heterocycles. The van der Waals surface area contributed by atoms with Gasteiger partial charge in [0.05, 0.1) is 10.5 Å². The number of nitrogens with one attached hydrogen (secondary N) is 1. The first-order valence-corrected chi connectivity index (χ1v) is 6.99. The van der Waals surface area contributed by atoms with E-state index in [0.29, 0.717) is 30.9 Å². The molecule has 0 spiro atoms. The third-order valence-electron chi connectivity index (χ3n) is 3.64. The number of aliphatic hydroxyl groups excluding tert-OH is 1. The molecule has 1 amide bonds. The second-order valence-corrected chi connectivity index (χ2v) is 5.11. The highest BCUT2D eigenvalue weighted by Gasteiger charge is 2.28. The molecule has 1 aliphatic heterocycles. The van der Waals surface area contributed by atoms with Gasteiger partial charge in [-0.25, -0.2) is 0 Å². The monoisotopic (exact) mass is 293 g/mol. The van der Waals surface area contributed by atoms with Crippen LogP contribution in [0.4, 0.5) is 11.4 Å². The fraction of sp³-hybridized carbons (Fsp3) is 0.500. The minimum Gasteiger partial charge on any atom is -0.396 e. The summed E-state index contributed by atoms with van der Waals surface area (Å²) in [6.45, 7) is 3.63. The number of hydrogen-bond donors (Lipinski definition) is 2. The number of anilines is 1. The molecule has 1 heterocycles. The van der Waals surface area contributed by atoms with E-state index in [2.05, 4.69) is 5.32 Å². The maximum Gasteiger partial charge on any atom is 0.270 e. The summed E-state index contributed by atoms with van der Waals surface area (Å²) in [5.41, 5.74) is 0.808. The summed E-state index contributed by atoms with van der Waals surface area (Å²) < 4.78 is 0. The highest BCUT2D eigenvalue weighted by atomic mass is 16.6. The molecule has 0 aliphatic carbocycles. The molecule has 0 bridgehead atoms. The van der Waals surface area contributed by atoms with Crippen LogP contribution < -0.4 is 5.32 Å². The summed E-state index contributed by atoms with van der Waals surface area (Å²) in [7, 11) is 0. The number of amides is 1. The zero-order valence-electron chi connectivity index (χ0n) is 11.9. The summed E-state index contributed by atoms with van der Waals surface area (Å²) >= 11 is 0. The molecule has 0 aromatic heterocycles. The van der Waals surface area contributed by atoms with Crippen LogP contribution in [0.25, 0.3) is 0 Å². The molecule has 1 unspecified atom stereocenters. The van der Waals surface area contributed by atoms with Gasteiger partial charge < -0.3 is 15.3 Å². The lowest BCUT2D eigenvalue weighted by molar-refractivity contribution is -0.384. The summed E-state index contributed by atoms with van der Waals surface area (Å²) in [6.07, 6.45) is 0.758. The van der Waals surface area contributed by atoms with Crippen molar-refractivity contribution in [1.82, 2.24) is 4.90 Å². The van der Waals surface area contributed by atoms with E-state index in [4.69, 9.17) is 5.11 Å². The molecule has 7 heteroatoms. The summed E-state index contributed by atoms with van der Waals surface area (Å²) in [5.74, 6) is -0.138. The van der Waals surface area contributed by atoms with Crippen molar-refractivity contribution in [3.63, 3.8) is 0 Å². The number of aliphatic hydroxyl groups is 1. The van der Waals surface area contributed by atoms with E-state index in [1.807, 2.05) is 6.92 Å². The quantitative estimate of drug-likeness (QED) is 0.633. The highest BCUT2D eigenvalue weighted by molar-refractivity contribution is 6.00. The van der Waals surface area contributed by atoms with E-state index in [-0.39, 0.29) is 24.1 Å². The van der Waals surface area contributed by atoms with Gasteiger partial charge in [0.15, 0.2) is 0 Å². The fourth-order valence-electron chi connectivity index (χ4n) is 2.50. The van der Waals surface area contributed by atoms with Crippen LogP contribution in [0.15, 0.2) is 18.2 Å². The molecule has 1 fully saturated rings. The van der Waals surface area contributed by atoms with Gasteiger partial charge in [-0.2, -0.15) is 0 Å². The number of likely N-dealkylation sites (tertiary alicyclic amines) is 1. The number of hydrogen-bond acceptors (Lipinski definition) is 5. The molecule has 1 aromatic rings. The predicted molar refractivity (Wildman–Crippen MR) is 78.4 cm³/mol. The van der Waals surface area contributed by atoms with Gasteiger partial charge in [-0.05, 0) is 19.4 Å². The molecule has 0 saturated carbocycles. The Labute approximate surface area is 122 Å². The van der Waals surface area contributed by atoms with E-state index in [9.17, 15) is 14.9 Å². The molecule has 21 heavy (non-hydrogen) atoms. The zero-order valence-corrected chi connectivity index (χ0v) is 11.9. The van der Waals surface area contributed by atoms with Crippen molar-refractivity contribution in [1.29, 1.82) is 0 Å². The van der Waals surface area contributed by atoms with Crippen LogP contribution in [0.1, 0.15) is 23.7 Å². The van der Waals surface area contributed by atoms with Gasteiger partial charge in [0, 0.05) is 50.0 Å². The van der Waals surface area contributed by atoms with Crippen molar-refractivity contribution < 1.29 is 14.8 Å². The van der Waals surface area contributed by atoms with Crippen molar-refractivity contribution in [2.75, 3.05) is 31.6 Å². The second kappa shape index (κ2) is 6.53. The number of carbonyl (C=O) groups excluding carboxylic acids is 1. The first kappa shape index (κ1) is 15.2. The summed E-state index contributed by atoms with van der Waals surface area (Å²) in [5, 5.41) is 23.1. The Hall–Kier alpha value is -2.15. The number of nitro benzene ring substituents is 1. The maximum atomic E-state index is 12.6. The van der Waals surface area contributed by atoms with Crippen molar-refractivity contribution in [3.8, 4) is 0 Å². The van der Waals surface area contributed by atoms with E-state index in [0.717, 1.165) is 6.42 Å². The van der Waals surface area contributed by atoms with Crippen LogP contribution in [0.3, 0.4) is 0 Å². The van der Waals surface area contributed by atoms with Crippen LogP contribution in [0, 0.1) is 16.0 Å². The number of non-ortho nitro benzene ring substituents is 1. The normalized spacial score (nSPS) is 17.8. The van der Waals surface area contributed by atoms with Crippen LogP contribution in [-0.2, 0) is 0 Å². The van der Waals surface area contributed by atoms with Gasteiger partial charge in [0.25, 0.3) is 11.6 Å². The first-order valence-electron chi connectivity index (χ1n) is 6.99. The second-order valence-electron chi connectivity index (χ2n) is 5.11. The Balaban J connectivity index is 2.29. The van der Waals surface area contributed by atoms with Crippen LogP contribution >= 0.6 is 0 Å². The third kappa shape index (κ3) is 3.30. The molecule has 114 valence electrons. The molecule has 1 atom stereocenters. The van der Waals surface area contributed by atoms with Crippen molar-refractivity contribution in [3.05, 3.63) is 33.9 Å². The molecule has 1 aliphatic rings. The molecule has 2 N–H and O–H groups in total. The standard InChI is InChI=1S/C14H19N3O4/c1-2-15-13-4-3-11(17(20)21)7-12(13)14(19)16-6-5-10(8-16)9-18/h3-4,7,10,15,18H,2,5-6,8-9H2,1H3. The number of nitro groups is 1. The SMILES string of the molecule is CCNc1ccc([N+](=O)[O-])cc1C(=O)N1CCC(CO)C1. The third-order valence-corrected chi connectivity index (χ3v) is 3.64. The van der Waals surface area contributed by atoms with Gasteiger partial charge in [-0.15, -0.1) is 0 Å². The van der Waals surface area contributed by atoms with Crippen molar-refractivity contribution >= 4 is 17.3 Å². The topological polar surface area (TPSA) is 95.7 Å². The van der Waals surface area contributed by atoms with Gasteiger partial charge in [0.1, 0.15) is 0 Å². The number of carbonyl (C=O) groups is 1. The average Bonchev–Trinajstić information content (AvgIpc) is 2.96. The average molecular weight is 293 g/mol. The van der Waals surface area contributed by atoms with Crippen LogP contribution in [0.2, 0.25) is 0 Å². The van der Waals surface area contributed by atoms with E-state index < -0.39 is 4.92 Å². The molecule has 7 nitrogen and oxygen atoms in total. The minimum atomic E-state index is -0.507. The summed E-state index contributed by atoms with van der Waals surface area (Å²) in [4.78, 5) is 24.6. The van der Waals surface area contributed by atoms with Crippen LogP contribution in [0.5, 0.6) is 0 Å². The largest absolute Gasteiger partial charge is 0.396 e. The predicted octanol–water partition coefficient (Wildman–Crippen LogP) is 1.48. The highest BCUT2D eigenvalue weighted by Crippen LogP contribution is 2.26. The molecular formula is C14H19N3O4. The fourth-order valence-corrected chi connectivity index (χ4v) is 2.50. The van der Waals surface area contributed by atoms with Gasteiger partial charge >= 0.3 is 0 Å². The first-order chi connectivity index (χ1) is 10.1. The lowest BCUT2D eigenvalue weighted by Crippen LogP contribution is -2.30. The van der Waals surface area contributed by atoms with E-state index in [1.54, 1.807) is 11.0 Å². The maximum absolute atomic E-state index is 12.6. The smallest absolute Gasteiger partial charge is 0.270 e. The van der Waals surface area contributed by atoms with E-state index >= 15 is 0 Å². The zero-order chi connectivity index (χ0) is 15.4. The lowest BCUT2D eigenvalue weighted by atomic mass is 10.1. The summed E-state index contributed by atoms with van der Waals surface area (Å²) in [6, 6.07) is 4.26. The Morgan fingerprint density at radius 1 is 1.57 bits per heavy atom. The van der Waals surface area contributed by atoms with Crippen LogP contribution in [-0.4, -0.2) is 47.1 Å². The Bertz CT molecular complexity index is 547. The Morgan fingerprint density at radius 2 is 2.33 bits per heavy atom. The molecule has 0 radical (unpaired) electrons. The Kier molecular flexibility index (Phi) is 4.74. The van der Waals surface area contributed by atoms with Gasteiger partial charge in [-0.3, -0.25) is 14.9 Å². The molecule has 2 rings (SSSR count). The Morgan fingerprint density at radius 3 is 2.90 bits per heavy atom. The van der Waals surface area contributed by atoms with Crippen molar-refractivity contribution in [2.24, 2.45) is 5.92 Å².